The third kappa shape index (κ3) is 6.34. The number of pyridine rings is 1. The predicted molar refractivity (Wildman–Crippen MR) is 127 cm³/mol. The van der Waals surface area contributed by atoms with Crippen LogP contribution in [0.15, 0.2) is 18.3 Å². The molecule has 0 spiro atoms. The standard InChI is InChI=1S/C23H25ClF4N4O5/c1-11-9-29-21(36-3)18(24)19(11)31-20(34)14-7-15(25)16(8-17(14)37-12(2)23(26,27)28)30-22(35)32-6-4-5-13(32)10-33/h7-9,12-13,33H,4-6,10H2,1-3H3,(H,30,35)(H,29,31,34). The average molecular weight is 549 g/mol. The Morgan fingerprint density at radius 1 is 1.32 bits per heavy atom. The molecule has 0 bridgehead atoms. The van der Waals surface area contributed by atoms with Crippen LogP contribution in [-0.2, 0) is 0 Å². The van der Waals surface area contributed by atoms with E-state index >= 15 is 4.39 Å². The molecular weight excluding hydrogens is 524 g/mol. The van der Waals surface area contributed by atoms with E-state index in [-0.39, 0.29) is 23.2 Å². The summed E-state index contributed by atoms with van der Waals surface area (Å²) in [6.07, 6.45) is -4.64. The number of aliphatic hydroxyl groups is 1. The van der Waals surface area contributed by atoms with E-state index in [1.165, 1.54) is 18.2 Å². The van der Waals surface area contributed by atoms with Crippen LogP contribution >= 0.6 is 11.6 Å². The van der Waals surface area contributed by atoms with Crippen molar-refractivity contribution in [1.29, 1.82) is 0 Å². The van der Waals surface area contributed by atoms with Crippen molar-refractivity contribution in [2.24, 2.45) is 0 Å². The molecule has 1 aliphatic rings. The maximum atomic E-state index is 15.0. The van der Waals surface area contributed by atoms with Gasteiger partial charge < -0.3 is 30.1 Å². The summed E-state index contributed by atoms with van der Waals surface area (Å²) in [7, 11) is 1.30. The number of aliphatic hydroxyl groups excluding tert-OH is 1. The number of urea groups is 1. The lowest BCUT2D eigenvalue weighted by Crippen LogP contribution is -2.40. The zero-order valence-electron chi connectivity index (χ0n) is 20.1. The Morgan fingerprint density at radius 3 is 2.65 bits per heavy atom. The van der Waals surface area contributed by atoms with Gasteiger partial charge in [-0.15, -0.1) is 0 Å². The lowest BCUT2D eigenvalue weighted by atomic mass is 10.1. The number of carbonyl (C=O) groups is 2. The second-order valence-corrected chi connectivity index (χ2v) is 8.70. The number of benzene rings is 1. The summed E-state index contributed by atoms with van der Waals surface area (Å²) in [5, 5.41) is 14.1. The molecule has 3 amide bonds. The number of anilines is 2. The van der Waals surface area contributed by atoms with Gasteiger partial charge in [-0.1, -0.05) is 11.6 Å². The van der Waals surface area contributed by atoms with E-state index in [0.717, 1.165) is 6.07 Å². The number of alkyl halides is 3. The van der Waals surface area contributed by atoms with E-state index in [0.29, 0.717) is 37.9 Å². The Bertz CT molecular complexity index is 1180. The number of amides is 3. The van der Waals surface area contributed by atoms with Crippen molar-refractivity contribution >= 4 is 34.9 Å². The maximum Gasteiger partial charge on any atom is 0.425 e. The highest BCUT2D eigenvalue weighted by atomic mass is 35.5. The molecule has 9 nitrogen and oxygen atoms in total. The number of methoxy groups -OCH3 is 1. The number of likely N-dealkylation sites (tertiary alicyclic amines) is 1. The van der Waals surface area contributed by atoms with Gasteiger partial charge in [0.1, 0.15) is 16.6 Å². The highest BCUT2D eigenvalue weighted by molar-refractivity contribution is 6.35. The van der Waals surface area contributed by atoms with E-state index in [1.807, 2.05) is 0 Å². The number of aryl methyl sites for hydroxylation is 1. The third-order valence-electron chi connectivity index (χ3n) is 5.78. The Kier molecular flexibility index (Phi) is 8.69. The number of nitrogens with one attached hydrogen (secondary N) is 2. The van der Waals surface area contributed by atoms with Crippen molar-refractivity contribution in [3.63, 3.8) is 0 Å². The lowest BCUT2D eigenvalue weighted by Gasteiger charge is -2.24. The van der Waals surface area contributed by atoms with Crippen LogP contribution in [-0.4, -0.2) is 65.5 Å². The Morgan fingerprint density at radius 2 is 2.03 bits per heavy atom. The molecule has 2 aromatic rings. The van der Waals surface area contributed by atoms with Gasteiger partial charge >= 0.3 is 12.2 Å². The van der Waals surface area contributed by atoms with Gasteiger partial charge in [0.25, 0.3) is 5.91 Å². The summed E-state index contributed by atoms with van der Waals surface area (Å²) in [5.74, 6) is -2.77. The summed E-state index contributed by atoms with van der Waals surface area (Å²) >= 11 is 6.20. The average Bonchev–Trinajstić information content (AvgIpc) is 3.32. The van der Waals surface area contributed by atoms with E-state index in [9.17, 15) is 27.9 Å². The smallest absolute Gasteiger partial charge is 0.425 e. The largest absolute Gasteiger partial charge is 0.480 e. The molecule has 2 unspecified atom stereocenters. The second-order valence-electron chi connectivity index (χ2n) is 8.33. The first-order chi connectivity index (χ1) is 17.4. The number of hydrogen-bond donors (Lipinski definition) is 3. The van der Waals surface area contributed by atoms with Gasteiger partial charge in [0, 0.05) is 18.8 Å². The molecule has 1 aromatic heterocycles. The number of nitrogens with zero attached hydrogens (tertiary/aromatic N) is 2. The molecule has 2 heterocycles. The molecule has 0 radical (unpaired) electrons. The van der Waals surface area contributed by atoms with E-state index < -0.39 is 53.1 Å². The van der Waals surface area contributed by atoms with Gasteiger partial charge in [0.2, 0.25) is 5.88 Å². The molecule has 1 fully saturated rings. The quantitative estimate of drug-likeness (QED) is 0.430. The van der Waals surface area contributed by atoms with Gasteiger partial charge in [-0.3, -0.25) is 4.79 Å². The molecule has 1 aliphatic heterocycles. The minimum Gasteiger partial charge on any atom is -0.480 e. The molecule has 3 N–H and O–H groups in total. The van der Waals surface area contributed by atoms with Crippen molar-refractivity contribution in [3.8, 4) is 11.6 Å². The molecule has 0 aliphatic carbocycles. The van der Waals surface area contributed by atoms with Crippen LogP contribution in [0.4, 0.5) is 33.7 Å². The zero-order valence-corrected chi connectivity index (χ0v) is 20.8. The SMILES string of the molecule is COc1ncc(C)c(NC(=O)c2cc(F)c(NC(=O)N3CCCC3CO)cc2OC(C)C(F)(F)F)c1Cl. The Hall–Kier alpha value is -3.32. The lowest BCUT2D eigenvalue weighted by molar-refractivity contribution is -0.189. The normalized spacial score (nSPS) is 16.4. The van der Waals surface area contributed by atoms with Crippen LogP contribution in [0.5, 0.6) is 11.6 Å². The molecule has 2 atom stereocenters. The van der Waals surface area contributed by atoms with Crippen LogP contribution in [0.25, 0.3) is 0 Å². The van der Waals surface area contributed by atoms with Crippen LogP contribution in [0, 0.1) is 12.7 Å². The summed E-state index contributed by atoms with van der Waals surface area (Å²) < 4.78 is 64.7. The highest BCUT2D eigenvalue weighted by Crippen LogP contribution is 2.35. The fraction of sp³-hybridized carbons (Fsp3) is 0.435. The summed E-state index contributed by atoms with van der Waals surface area (Å²) in [5.41, 5.74) is -0.629. The van der Waals surface area contributed by atoms with Crippen LogP contribution in [0.3, 0.4) is 0 Å². The van der Waals surface area contributed by atoms with Crippen LogP contribution in [0.1, 0.15) is 35.7 Å². The number of hydrogen-bond acceptors (Lipinski definition) is 6. The molecule has 1 saturated heterocycles. The van der Waals surface area contributed by atoms with E-state index in [4.69, 9.17) is 21.1 Å². The number of aromatic nitrogens is 1. The minimum absolute atomic E-state index is 0.0166. The number of ether oxygens (including phenoxy) is 2. The Balaban J connectivity index is 1.98. The molecule has 202 valence electrons. The van der Waals surface area contributed by atoms with Gasteiger partial charge in [0.05, 0.1) is 36.7 Å². The fourth-order valence-electron chi connectivity index (χ4n) is 3.69. The van der Waals surface area contributed by atoms with Gasteiger partial charge in [-0.2, -0.15) is 13.2 Å². The zero-order chi connectivity index (χ0) is 27.5. The van der Waals surface area contributed by atoms with Crippen molar-refractivity contribution in [2.75, 3.05) is 30.9 Å². The monoisotopic (exact) mass is 548 g/mol. The van der Waals surface area contributed by atoms with Crippen LogP contribution in [0.2, 0.25) is 5.02 Å². The summed E-state index contributed by atoms with van der Waals surface area (Å²) in [6.45, 7) is 2.29. The molecule has 37 heavy (non-hydrogen) atoms. The van der Waals surface area contributed by atoms with Crippen molar-refractivity contribution in [2.45, 2.75) is 45.0 Å². The van der Waals surface area contributed by atoms with Gasteiger partial charge in [-0.25, -0.2) is 14.2 Å². The fourth-order valence-corrected chi connectivity index (χ4v) is 4.02. The van der Waals surface area contributed by atoms with Crippen molar-refractivity contribution in [3.05, 3.63) is 40.3 Å². The number of rotatable bonds is 7. The van der Waals surface area contributed by atoms with Crippen molar-refractivity contribution < 1.29 is 41.7 Å². The first-order valence-electron chi connectivity index (χ1n) is 11.1. The topological polar surface area (TPSA) is 113 Å². The molecule has 3 rings (SSSR count). The second kappa shape index (κ2) is 11.4. The molecule has 14 heteroatoms. The third-order valence-corrected chi connectivity index (χ3v) is 6.13. The Labute approximate surface area is 214 Å². The van der Waals surface area contributed by atoms with E-state index in [1.54, 1.807) is 6.92 Å². The van der Waals surface area contributed by atoms with Gasteiger partial charge in [-0.05, 0) is 38.3 Å². The first kappa shape index (κ1) is 28.3. The summed E-state index contributed by atoms with van der Waals surface area (Å²) in [4.78, 5) is 30.9. The predicted octanol–water partition coefficient (Wildman–Crippen LogP) is 4.76. The van der Waals surface area contributed by atoms with Crippen LogP contribution < -0.4 is 20.1 Å². The summed E-state index contributed by atoms with van der Waals surface area (Å²) in [6, 6.07) is 0.224. The number of halogens is 5. The van der Waals surface area contributed by atoms with E-state index in [2.05, 4.69) is 15.6 Å². The molecule has 0 saturated carbocycles. The molecule has 1 aromatic carbocycles. The maximum absolute atomic E-state index is 15.0. The van der Waals surface area contributed by atoms with Crippen molar-refractivity contribution in [1.82, 2.24) is 9.88 Å². The minimum atomic E-state index is -4.80. The number of carbonyl (C=O) groups excluding carboxylic acids is 2. The van der Waals surface area contributed by atoms with Gasteiger partial charge in [0.15, 0.2) is 6.10 Å². The highest BCUT2D eigenvalue weighted by Gasteiger charge is 2.39. The first-order valence-corrected chi connectivity index (χ1v) is 11.5. The molecular formula is C23H25ClF4N4O5.